The van der Waals surface area contributed by atoms with Crippen molar-refractivity contribution in [1.82, 2.24) is 15.2 Å². The number of benzene rings is 1. The Hall–Kier alpha value is -2.94. The number of hydrogen-bond donors (Lipinski definition) is 0. The fourth-order valence-electron chi connectivity index (χ4n) is 4.73. The van der Waals surface area contributed by atoms with Gasteiger partial charge < -0.3 is 14.1 Å². The van der Waals surface area contributed by atoms with E-state index in [2.05, 4.69) is 20.1 Å². The summed E-state index contributed by atoms with van der Waals surface area (Å²) in [7, 11) is -3.23. The van der Waals surface area contributed by atoms with E-state index < -0.39 is 9.84 Å². The number of anilines is 1. The lowest BCUT2D eigenvalue weighted by Gasteiger charge is -2.30. The predicted octanol–water partition coefficient (Wildman–Crippen LogP) is 3.86. The Bertz CT molecular complexity index is 1170. The molecule has 174 valence electrons. The van der Waals surface area contributed by atoms with Gasteiger partial charge in [-0.1, -0.05) is 23.3 Å². The van der Waals surface area contributed by atoms with Crippen molar-refractivity contribution in [2.45, 2.75) is 30.6 Å². The molecule has 2 aliphatic rings. The Morgan fingerprint density at radius 1 is 1.09 bits per heavy atom. The Morgan fingerprint density at radius 2 is 1.88 bits per heavy atom. The summed E-state index contributed by atoms with van der Waals surface area (Å²) in [5.41, 5.74) is 0.940. The summed E-state index contributed by atoms with van der Waals surface area (Å²) < 4.78 is 34.7. The van der Waals surface area contributed by atoms with Gasteiger partial charge >= 0.3 is 6.01 Å². The second-order valence-corrected chi connectivity index (χ2v) is 11.0. The lowest BCUT2D eigenvalue weighted by Crippen LogP contribution is -2.34. The third-order valence-electron chi connectivity index (χ3n) is 6.70. The molecule has 0 spiro atoms. The molecular formula is C24H28N4O4S. The molecule has 1 unspecified atom stereocenters. The Balaban J connectivity index is 1.05. The molecule has 1 aromatic carbocycles. The molecule has 1 aliphatic carbocycles. The van der Waals surface area contributed by atoms with Crippen molar-refractivity contribution in [2.24, 2.45) is 17.8 Å². The van der Waals surface area contributed by atoms with E-state index in [1.165, 1.54) is 24.9 Å². The van der Waals surface area contributed by atoms with Crippen LogP contribution in [0.25, 0.3) is 11.5 Å². The van der Waals surface area contributed by atoms with Crippen LogP contribution in [0.4, 0.5) is 6.01 Å². The van der Waals surface area contributed by atoms with Crippen LogP contribution in [0.3, 0.4) is 0 Å². The van der Waals surface area contributed by atoms with Gasteiger partial charge in [-0.3, -0.25) is 0 Å². The number of aromatic nitrogens is 3. The van der Waals surface area contributed by atoms with Gasteiger partial charge in [-0.15, -0.1) is 5.10 Å². The molecule has 3 aromatic rings. The molecule has 2 atom stereocenters. The van der Waals surface area contributed by atoms with E-state index in [0.717, 1.165) is 49.8 Å². The van der Waals surface area contributed by atoms with Gasteiger partial charge in [0.1, 0.15) is 0 Å². The minimum atomic E-state index is -3.23. The Morgan fingerprint density at radius 3 is 2.58 bits per heavy atom. The van der Waals surface area contributed by atoms with Crippen molar-refractivity contribution in [3.63, 3.8) is 0 Å². The Kier molecular flexibility index (Phi) is 6.05. The van der Waals surface area contributed by atoms with E-state index in [1.807, 2.05) is 30.3 Å². The highest BCUT2D eigenvalue weighted by Gasteiger charge is 2.43. The van der Waals surface area contributed by atoms with Gasteiger partial charge in [0.05, 0.1) is 11.5 Å². The predicted molar refractivity (Wildman–Crippen MR) is 124 cm³/mol. The van der Waals surface area contributed by atoms with E-state index in [9.17, 15) is 8.42 Å². The molecular weight excluding hydrogens is 440 g/mol. The van der Waals surface area contributed by atoms with Gasteiger partial charge in [-0.2, -0.15) is 0 Å². The molecule has 0 radical (unpaired) electrons. The molecule has 2 aromatic heterocycles. The maximum absolute atomic E-state index is 11.5. The summed E-state index contributed by atoms with van der Waals surface area (Å²) in [5, 5.41) is 8.47. The molecule has 5 rings (SSSR count). The average molecular weight is 469 g/mol. The van der Waals surface area contributed by atoms with Crippen LogP contribution >= 0.6 is 0 Å². The van der Waals surface area contributed by atoms with Crippen LogP contribution in [0.1, 0.15) is 25.7 Å². The summed E-state index contributed by atoms with van der Waals surface area (Å²) >= 11 is 0. The van der Waals surface area contributed by atoms with Gasteiger partial charge in [0.15, 0.2) is 9.84 Å². The van der Waals surface area contributed by atoms with Crippen LogP contribution < -0.4 is 9.64 Å². The minimum Gasteiger partial charge on any atom is -0.478 e. The van der Waals surface area contributed by atoms with E-state index in [1.54, 1.807) is 6.07 Å². The molecule has 0 bridgehead atoms. The molecule has 0 amide bonds. The second kappa shape index (κ2) is 9.13. The molecule has 1 saturated heterocycles. The third kappa shape index (κ3) is 5.19. The maximum atomic E-state index is 11.5. The van der Waals surface area contributed by atoms with Gasteiger partial charge in [0, 0.05) is 37.2 Å². The highest BCUT2D eigenvalue weighted by molar-refractivity contribution is 7.90. The lowest BCUT2D eigenvalue weighted by molar-refractivity contribution is 0.275. The van der Waals surface area contributed by atoms with Crippen molar-refractivity contribution < 1.29 is 17.6 Å². The standard InChI is InChI=1S/C24H28N4O4S/c1-33(29,30)20-7-8-22(25-16-20)31-14-11-19-15-21(19)17-9-12-28(13-10-17)24-27-26-23(32-24)18-5-3-2-4-6-18/h2-8,16-17,19,21H,9-15H2,1H3/t19-,21?/m1/s1. The van der Waals surface area contributed by atoms with Crippen LogP contribution in [0.5, 0.6) is 5.88 Å². The van der Waals surface area contributed by atoms with E-state index in [4.69, 9.17) is 9.15 Å². The van der Waals surface area contributed by atoms with E-state index in [0.29, 0.717) is 30.3 Å². The molecule has 8 nitrogen and oxygen atoms in total. The average Bonchev–Trinajstić information content (AvgIpc) is 3.43. The van der Waals surface area contributed by atoms with Crippen LogP contribution in [0, 0.1) is 17.8 Å². The highest BCUT2D eigenvalue weighted by Crippen LogP contribution is 2.50. The molecule has 1 aliphatic heterocycles. The quantitative estimate of drug-likeness (QED) is 0.492. The molecule has 1 saturated carbocycles. The molecule has 33 heavy (non-hydrogen) atoms. The normalized spacial score (nSPS) is 21.2. The maximum Gasteiger partial charge on any atom is 0.318 e. The van der Waals surface area contributed by atoms with Crippen LogP contribution in [0.15, 0.2) is 58.0 Å². The molecule has 2 fully saturated rings. The number of piperidine rings is 1. The van der Waals surface area contributed by atoms with Crippen molar-refractivity contribution >= 4 is 15.9 Å². The zero-order chi connectivity index (χ0) is 22.8. The summed E-state index contributed by atoms with van der Waals surface area (Å²) in [6.07, 6.45) is 7.06. The second-order valence-electron chi connectivity index (χ2n) is 8.98. The number of pyridine rings is 1. The fraction of sp³-hybridized carbons (Fsp3) is 0.458. The van der Waals surface area contributed by atoms with Gasteiger partial charge in [-0.05, 0) is 61.6 Å². The summed E-state index contributed by atoms with van der Waals surface area (Å²) in [4.78, 5) is 6.51. The Labute approximate surface area is 193 Å². The number of ether oxygens (including phenoxy) is 1. The first-order chi connectivity index (χ1) is 16.0. The highest BCUT2D eigenvalue weighted by atomic mass is 32.2. The summed E-state index contributed by atoms with van der Waals surface area (Å²) in [5.74, 6) is 3.23. The summed E-state index contributed by atoms with van der Waals surface area (Å²) in [6.45, 7) is 2.49. The number of hydrogen-bond acceptors (Lipinski definition) is 8. The monoisotopic (exact) mass is 468 g/mol. The lowest BCUT2D eigenvalue weighted by atomic mass is 9.91. The van der Waals surface area contributed by atoms with Crippen molar-refractivity contribution in [1.29, 1.82) is 0 Å². The number of rotatable bonds is 8. The van der Waals surface area contributed by atoms with Crippen LogP contribution in [-0.2, 0) is 9.84 Å². The minimum absolute atomic E-state index is 0.209. The molecule has 0 N–H and O–H groups in total. The van der Waals surface area contributed by atoms with E-state index in [-0.39, 0.29) is 4.90 Å². The first-order valence-electron chi connectivity index (χ1n) is 11.4. The van der Waals surface area contributed by atoms with Gasteiger partial charge in [0.25, 0.3) is 0 Å². The zero-order valence-corrected chi connectivity index (χ0v) is 19.4. The fourth-order valence-corrected chi connectivity index (χ4v) is 5.29. The third-order valence-corrected chi connectivity index (χ3v) is 7.80. The molecule has 3 heterocycles. The number of nitrogens with zero attached hydrogens (tertiary/aromatic N) is 4. The topological polar surface area (TPSA) is 98.4 Å². The molecule has 9 heteroatoms. The zero-order valence-electron chi connectivity index (χ0n) is 18.6. The van der Waals surface area contributed by atoms with E-state index >= 15 is 0 Å². The smallest absolute Gasteiger partial charge is 0.318 e. The van der Waals surface area contributed by atoms with Crippen molar-refractivity contribution in [3.05, 3.63) is 48.7 Å². The van der Waals surface area contributed by atoms with Crippen molar-refractivity contribution in [3.8, 4) is 17.3 Å². The van der Waals surface area contributed by atoms with Crippen LogP contribution in [0.2, 0.25) is 0 Å². The largest absolute Gasteiger partial charge is 0.478 e. The first kappa shape index (κ1) is 21.9. The number of sulfone groups is 1. The van der Waals surface area contributed by atoms with Gasteiger partial charge in [0.2, 0.25) is 11.8 Å². The first-order valence-corrected chi connectivity index (χ1v) is 13.3. The SMILES string of the molecule is CS(=O)(=O)c1ccc(OCC[C@@H]2CC2C2CCN(c3nnc(-c4ccccc4)o3)CC2)nc1. The summed E-state index contributed by atoms with van der Waals surface area (Å²) in [6, 6.07) is 13.6. The van der Waals surface area contributed by atoms with Gasteiger partial charge in [-0.25, -0.2) is 13.4 Å². The van der Waals surface area contributed by atoms with Crippen molar-refractivity contribution in [2.75, 3.05) is 30.9 Å². The van der Waals surface area contributed by atoms with Crippen LogP contribution in [-0.4, -0.2) is 49.6 Å².